The van der Waals surface area contributed by atoms with Crippen LogP contribution in [0.4, 0.5) is 10.1 Å². The van der Waals surface area contributed by atoms with Crippen molar-refractivity contribution >= 4 is 17.6 Å². The van der Waals surface area contributed by atoms with Gasteiger partial charge in [-0.1, -0.05) is 13.8 Å². The summed E-state index contributed by atoms with van der Waals surface area (Å²) in [7, 11) is 1.33. The summed E-state index contributed by atoms with van der Waals surface area (Å²) in [6.07, 6.45) is 0. The van der Waals surface area contributed by atoms with Gasteiger partial charge in [-0.2, -0.15) is 0 Å². The molecule has 2 atom stereocenters. The van der Waals surface area contributed by atoms with E-state index in [0.29, 0.717) is 5.69 Å². The number of amides is 1. The van der Waals surface area contributed by atoms with Crippen LogP contribution in [0.2, 0.25) is 0 Å². The van der Waals surface area contributed by atoms with Crippen molar-refractivity contribution in [3.63, 3.8) is 0 Å². The predicted molar refractivity (Wildman–Crippen MR) is 70.0 cm³/mol. The zero-order valence-electron chi connectivity index (χ0n) is 11.4. The number of hydrogen-bond acceptors (Lipinski definition) is 3. The second kappa shape index (κ2) is 4.77. The standard InChI is InChI=1S/C14H16FNO4/c1-14(2)10(11(14)13(18)19)12(17)16-7-4-5-8(15)9(6-7)20-3/h4-6,10-11H,1-3H3,(H,16,17)(H,18,19)/t10-,11+/m0/s1. The summed E-state index contributed by atoms with van der Waals surface area (Å²) in [6.45, 7) is 3.47. The summed E-state index contributed by atoms with van der Waals surface area (Å²) in [6, 6.07) is 3.94. The molecule has 0 radical (unpaired) electrons. The summed E-state index contributed by atoms with van der Waals surface area (Å²) in [4.78, 5) is 23.1. The summed E-state index contributed by atoms with van der Waals surface area (Å²) in [5, 5.41) is 11.6. The van der Waals surface area contributed by atoms with Crippen LogP contribution in [0.25, 0.3) is 0 Å². The molecule has 0 heterocycles. The van der Waals surface area contributed by atoms with Crippen molar-refractivity contribution < 1.29 is 23.8 Å². The van der Waals surface area contributed by atoms with Gasteiger partial charge < -0.3 is 15.2 Å². The number of ether oxygens (including phenoxy) is 1. The Labute approximate surface area is 115 Å². The van der Waals surface area contributed by atoms with E-state index < -0.39 is 29.0 Å². The van der Waals surface area contributed by atoms with Gasteiger partial charge in [0.25, 0.3) is 0 Å². The maximum atomic E-state index is 13.3. The lowest BCUT2D eigenvalue weighted by molar-refractivity contribution is -0.140. The zero-order valence-corrected chi connectivity index (χ0v) is 11.4. The quantitative estimate of drug-likeness (QED) is 0.886. The number of aliphatic carboxylic acids is 1. The Bertz CT molecular complexity index is 570. The minimum Gasteiger partial charge on any atom is -0.494 e. The minimum atomic E-state index is -0.980. The second-order valence-corrected chi connectivity index (χ2v) is 5.45. The summed E-state index contributed by atoms with van der Waals surface area (Å²) in [5.41, 5.74) is -0.194. The highest BCUT2D eigenvalue weighted by Crippen LogP contribution is 2.58. The third kappa shape index (κ3) is 2.33. The average Bonchev–Trinajstić information content (AvgIpc) is 2.95. The molecule has 6 heteroatoms. The molecule has 1 saturated carbocycles. The number of carbonyl (C=O) groups is 2. The third-order valence-electron chi connectivity index (χ3n) is 3.79. The Kier molecular flexibility index (Phi) is 3.41. The Morgan fingerprint density at radius 3 is 2.50 bits per heavy atom. The molecule has 1 aliphatic carbocycles. The monoisotopic (exact) mass is 281 g/mol. The molecule has 0 aliphatic heterocycles. The molecule has 0 aromatic heterocycles. The Morgan fingerprint density at radius 1 is 1.35 bits per heavy atom. The van der Waals surface area contributed by atoms with Crippen molar-refractivity contribution in [3.8, 4) is 5.75 Å². The van der Waals surface area contributed by atoms with Crippen molar-refractivity contribution in [2.24, 2.45) is 17.3 Å². The van der Waals surface area contributed by atoms with E-state index >= 15 is 0 Å². The Hall–Kier alpha value is -2.11. The van der Waals surface area contributed by atoms with Gasteiger partial charge in [-0.05, 0) is 17.5 Å². The molecule has 108 valence electrons. The highest BCUT2D eigenvalue weighted by molar-refractivity contribution is 5.99. The molecule has 5 nitrogen and oxygen atoms in total. The van der Waals surface area contributed by atoms with Crippen LogP contribution in [0.3, 0.4) is 0 Å². The Morgan fingerprint density at radius 2 is 2.00 bits per heavy atom. The number of carboxylic acids is 1. The third-order valence-corrected chi connectivity index (χ3v) is 3.79. The van der Waals surface area contributed by atoms with E-state index in [1.54, 1.807) is 13.8 Å². The number of rotatable bonds is 4. The number of benzene rings is 1. The highest BCUT2D eigenvalue weighted by Gasteiger charge is 2.65. The van der Waals surface area contributed by atoms with Gasteiger partial charge in [0.2, 0.25) is 5.91 Å². The number of halogens is 1. The highest BCUT2D eigenvalue weighted by atomic mass is 19.1. The molecule has 0 bridgehead atoms. The van der Waals surface area contributed by atoms with Gasteiger partial charge in [0.05, 0.1) is 18.9 Å². The molecule has 1 aromatic rings. The number of methoxy groups -OCH3 is 1. The molecule has 0 spiro atoms. The fraction of sp³-hybridized carbons (Fsp3) is 0.429. The second-order valence-electron chi connectivity index (χ2n) is 5.45. The number of carboxylic acid groups (broad SMARTS) is 1. The fourth-order valence-electron chi connectivity index (χ4n) is 2.55. The Balaban J connectivity index is 2.12. The van der Waals surface area contributed by atoms with E-state index in [1.807, 2.05) is 0 Å². The lowest BCUT2D eigenvalue weighted by Crippen LogP contribution is -2.17. The van der Waals surface area contributed by atoms with Crippen LogP contribution in [0, 0.1) is 23.1 Å². The lowest BCUT2D eigenvalue weighted by Gasteiger charge is -2.08. The number of anilines is 1. The average molecular weight is 281 g/mol. The van der Waals surface area contributed by atoms with Gasteiger partial charge in [0.1, 0.15) is 0 Å². The molecular formula is C14H16FNO4. The van der Waals surface area contributed by atoms with Crippen molar-refractivity contribution in [1.82, 2.24) is 0 Å². The molecular weight excluding hydrogens is 265 g/mol. The molecule has 2 N–H and O–H groups in total. The van der Waals surface area contributed by atoms with Crippen LogP contribution < -0.4 is 10.1 Å². The maximum absolute atomic E-state index is 13.3. The molecule has 1 aliphatic rings. The SMILES string of the molecule is COc1cc(NC(=O)[C@@H]2[C@H](C(=O)O)C2(C)C)ccc1F. The molecule has 2 rings (SSSR count). The topological polar surface area (TPSA) is 75.6 Å². The van der Waals surface area contributed by atoms with Gasteiger partial charge in [0.15, 0.2) is 11.6 Å². The van der Waals surface area contributed by atoms with E-state index in [0.717, 1.165) is 0 Å². The summed E-state index contributed by atoms with van der Waals surface area (Å²) >= 11 is 0. The lowest BCUT2D eigenvalue weighted by atomic mass is 10.1. The van der Waals surface area contributed by atoms with Crippen LogP contribution in [-0.2, 0) is 9.59 Å². The van der Waals surface area contributed by atoms with E-state index in [4.69, 9.17) is 9.84 Å². The van der Waals surface area contributed by atoms with Crippen LogP contribution in [0.5, 0.6) is 5.75 Å². The predicted octanol–water partition coefficient (Wildman–Crippen LogP) is 2.13. The number of nitrogens with one attached hydrogen (secondary N) is 1. The zero-order chi connectivity index (χ0) is 15.1. The van der Waals surface area contributed by atoms with E-state index in [2.05, 4.69) is 5.32 Å². The van der Waals surface area contributed by atoms with Crippen molar-refractivity contribution in [2.45, 2.75) is 13.8 Å². The first kappa shape index (κ1) is 14.3. The van der Waals surface area contributed by atoms with E-state index in [9.17, 15) is 14.0 Å². The first-order chi connectivity index (χ1) is 9.28. The van der Waals surface area contributed by atoms with E-state index in [1.165, 1.54) is 25.3 Å². The first-order valence-electron chi connectivity index (χ1n) is 6.16. The molecule has 0 saturated heterocycles. The molecule has 1 fully saturated rings. The summed E-state index contributed by atoms with van der Waals surface area (Å²) in [5.74, 6) is -3.14. The molecule has 1 amide bonds. The van der Waals surface area contributed by atoms with Crippen LogP contribution in [-0.4, -0.2) is 24.1 Å². The van der Waals surface area contributed by atoms with Gasteiger partial charge in [-0.15, -0.1) is 0 Å². The van der Waals surface area contributed by atoms with Gasteiger partial charge >= 0.3 is 5.97 Å². The largest absolute Gasteiger partial charge is 0.494 e. The van der Waals surface area contributed by atoms with Crippen molar-refractivity contribution in [2.75, 3.05) is 12.4 Å². The maximum Gasteiger partial charge on any atom is 0.307 e. The van der Waals surface area contributed by atoms with Crippen LogP contribution >= 0.6 is 0 Å². The minimum absolute atomic E-state index is 0.0210. The van der Waals surface area contributed by atoms with Crippen LogP contribution in [0.1, 0.15) is 13.8 Å². The van der Waals surface area contributed by atoms with Gasteiger partial charge in [0, 0.05) is 11.8 Å². The normalized spacial score (nSPS) is 23.0. The number of carbonyl (C=O) groups excluding carboxylic acids is 1. The fourth-order valence-corrected chi connectivity index (χ4v) is 2.55. The molecule has 0 unspecified atom stereocenters. The van der Waals surface area contributed by atoms with Gasteiger partial charge in [-0.3, -0.25) is 9.59 Å². The number of hydrogen-bond donors (Lipinski definition) is 2. The van der Waals surface area contributed by atoms with E-state index in [-0.39, 0.29) is 11.7 Å². The first-order valence-corrected chi connectivity index (χ1v) is 6.16. The van der Waals surface area contributed by atoms with Crippen molar-refractivity contribution in [3.05, 3.63) is 24.0 Å². The van der Waals surface area contributed by atoms with Gasteiger partial charge in [-0.25, -0.2) is 4.39 Å². The molecule has 1 aromatic carbocycles. The van der Waals surface area contributed by atoms with Crippen molar-refractivity contribution in [1.29, 1.82) is 0 Å². The summed E-state index contributed by atoms with van der Waals surface area (Å²) < 4.78 is 18.1. The smallest absolute Gasteiger partial charge is 0.307 e. The molecule has 20 heavy (non-hydrogen) atoms. The van der Waals surface area contributed by atoms with Crippen LogP contribution in [0.15, 0.2) is 18.2 Å².